The van der Waals surface area contributed by atoms with Crippen molar-refractivity contribution in [2.45, 2.75) is 6.54 Å². The zero-order valence-corrected chi connectivity index (χ0v) is 19.1. The summed E-state index contributed by atoms with van der Waals surface area (Å²) in [6.07, 6.45) is 0. The Bertz CT molecular complexity index is 1180. The number of urea groups is 1. The Morgan fingerprint density at radius 2 is 1.71 bits per heavy atom. The van der Waals surface area contributed by atoms with E-state index in [0.29, 0.717) is 53.8 Å². The third-order valence-electron chi connectivity index (χ3n) is 5.32. The van der Waals surface area contributed by atoms with Gasteiger partial charge in [0.25, 0.3) is 5.91 Å². The standard InChI is InChI=1S/C25H24ClFN4O3/c26-20-6-1-2-7-21(20)29-25(33)30-22-15-18(8-9-23(22)31-10-12-34-13-11-31)24(32)28-16-17-4-3-5-19(27)14-17/h1-9,14-15H,10-13,16H2,(H,28,32)(H2,29,30,33). The quantitative estimate of drug-likeness (QED) is 0.467. The summed E-state index contributed by atoms with van der Waals surface area (Å²) in [6.45, 7) is 2.64. The molecule has 0 unspecified atom stereocenters. The molecule has 3 amide bonds. The van der Waals surface area contributed by atoms with Gasteiger partial charge in [-0.05, 0) is 48.0 Å². The summed E-state index contributed by atoms with van der Waals surface area (Å²) in [6, 6.07) is 17.6. The molecule has 0 radical (unpaired) electrons. The summed E-state index contributed by atoms with van der Waals surface area (Å²) in [5.74, 6) is -0.704. The van der Waals surface area contributed by atoms with Crippen LogP contribution in [0.1, 0.15) is 15.9 Å². The van der Waals surface area contributed by atoms with E-state index in [1.54, 1.807) is 54.6 Å². The van der Waals surface area contributed by atoms with Gasteiger partial charge in [-0.2, -0.15) is 0 Å². The van der Waals surface area contributed by atoms with Gasteiger partial charge < -0.3 is 25.6 Å². The number of morpholine rings is 1. The fraction of sp³-hybridized carbons (Fsp3) is 0.200. The van der Waals surface area contributed by atoms with Crippen molar-refractivity contribution in [1.29, 1.82) is 0 Å². The molecule has 0 saturated carbocycles. The molecule has 3 aromatic carbocycles. The zero-order chi connectivity index (χ0) is 23.9. The van der Waals surface area contributed by atoms with Crippen molar-refractivity contribution < 1.29 is 18.7 Å². The molecule has 0 spiro atoms. The number of ether oxygens (including phenoxy) is 1. The molecule has 3 aromatic rings. The SMILES string of the molecule is O=C(Nc1ccccc1Cl)Nc1cc(C(=O)NCc2cccc(F)c2)ccc1N1CCOCC1. The van der Waals surface area contributed by atoms with Crippen molar-refractivity contribution in [3.63, 3.8) is 0 Å². The second-order valence-electron chi connectivity index (χ2n) is 7.70. The molecule has 1 aliphatic heterocycles. The molecule has 0 aliphatic carbocycles. The number of rotatable bonds is 6. The predicted octanol–water partition coefficient (Wildman–Crippen LogP) is 4.89. The van der Waals surface area contributed by atoms with Crippen molar-refractivity contribution in [3.8, 4) is 0 Å². The Hall–Kier alpha value is -3.62. The molecule has 0 atom stereocenters. The first-order valence-electron chi connectivity index (χ1n) is 10.8. The number of carbonyl (C=O) groups is 2. The Morgan fingerprint density at radius 1 is 0.941 bits per heavy atom. The fourth-order valence-electron chi connectivity index (χ4n) is 3.63. The van der Waals surface area contributed by atoms with Crippen LogP contribution in [0.25, 0.3) is 0 Å². The molecule has 34 heavy (non-hydrogen) atoms. The van der Waals surface area contributed by atoms with Gasteiger partial charge in [-0.25, -0.2) is 9.18 Å². The highest BCUT2D eigenvalue weighted by atomic mass is 35.5. The number of amides is 3. The number of anilines is 3. The lowest BCUT2D eigenvalue weighted by Crippen LogP contribution is -2.37. The van der Waals surface area contributed by atoms with E-state index in [1.807, 2.05) is 0 Å². The number of hydrogen-bond acceptors (Lipinski definition) is 4. The number of nitrogens with zero attached hydrogens (tertiary/aromatic N) is 1. The minimum atomic E-state index is -0.486. The third-order valence-corrected chi connectivity index (χ3v) is 5.65. The van der Waals surface area contributed by atoms with Crippen LogP contribution in [0, 0.1) is 5.82 Å². The van der Waals surface area contributed by atoms with Gasteiger partial charge in [-0.1, -0.05) is 35.9 Å². The second kappa shape index (κ2) is 11.0. The molecule has 0 bridgehead atoms. The van der Waals surface area contributed by atoms with E-state index in [2.05, 4.69) is 20.9 Å². The molecule has 1 fully saturated rings. The Kier molecular flexibility index (Phi) is 7.61. The average Bonchev–Trinajstić information content (AvgIpc) is 2.84. The lowest BCUT2D eigenvalue weighted by molar-refractivity contribution is 0.0950. The Morgan fingerprint density at radius 3 is 2.47 bits per heavy atom. The lowest BCUT2D eigenvalue weighted by atomic mass is 10.1. The first-order valence-corrected chi connectivity index (χ1v) is 11.2. The van der Waals surface area contributed by atoms with Crippen molar-refractivity contribution in [2.24, 2.45) is 0 Å². The van der Waals surface area contributed by atoms with E-state index < -0.39 is 6.03 Å². The van der Waals surface area contributed by atoms with Gasteiger partial charge in [0.15, 0.2) is 0 Å². The Balaban J connectivity index is 1.53. The fourth-order valence-corrected chi connectivity index (χ4v) is 3.81. The van der Waals surface area contributed by atoms with Crippen LogP contribution in [-0.2, 0) is 11.3 Å². The summed E-state index contributed by atoms with van der Waals surface area (Å²) >= 11 is 6.15. The first kappa shape index (κ1) is 23.5. The van der Waals surface area contributed by atoms with Crippen molar-refractivity contribution in [2.75, 3.05) is 41.8 Å². The number of para-hydroxylation sites is 1. The summed E-state index contributed by atoms with van der Waals surface area (Å²) in [5.41, 5.74) is 2.74. The summed E-state index contributed by atoms with van der Waals surface area (Å²) in [5, 5.41) is 8.77. The van der Waals surface area contributed by atoms with E-state index in [0.717, 1.165) is 5.69 Å². The van der Waals surface area contributed by atoms with Crippen LogP contribution in [0.2, 0.25) is 5.02 Å². The number of nitrogens with one attached hydrogen (secondary N) is 3. The Labute approximate surface area is 201 Å². The largest absolute Gasteiger partial charge is 0.378 e. The monoisotopic (exact) mass is 482 g/mol. The van der Waals surface area contributed by atoms with Crippen LogP contribution < -0.4 is 20.9 Å². The maximum atomic E-state index is 13.4. The first-order chi connectivity index (χ1) is 16.5. The molecule has 7 nitrogen and oxygen atoms in total. The van der Waals surface area contributed by atoms with Gasteiger partial charge in [0.2, 0.25) is 0 Å². The van der Waals surface area contributed by atoms with Gasteiger partial charge in [0, 0.05) is 25.2 Å². The number of benzene rings is 3. The van der Waals surface area contributed by atoms with Gasteiger partial charge in [0.1, 0.15) is 5.82 Å². The molecule has 1 saturated heterocycles. The van der Waals surface area contributed by atoms with Crippen LogP contribution in [0.15, 0.2) is 66.7 Å². The molecular formula is C25H24ClFN4O3. The third kappa shape index (κ3) is 6.03. The lowest BCUT2D eigenvalue weighted by Gasteiger charge is -2.30. The minimum Gasteiger partial charge on any atom is -0.378 e. The van der Waals surface area contributed by atoms with E-state index in [-0.39, 0.29) is 18.3 Å². The molecule has 0 aromatic heterocycles. The highest BCUT2D eigenvalue weighted by molar-refractivity contribution is 6.33. The van der Waals surface area contributed by atoms with Crippen molar-refractivity contribution >= 4 is 40.6 Å². The van der Waals surface area contributed by atoms with Crippen LogP contribution in [0.3, 0.4) is 0 Å². The summed E-state index contributed by atoms with van der Waals surface area (Å²) in [4.78, 5) is 27.6. The van der Waals surface area contributed by atoms with E-state index in [1.165, 1.54) is 12.1 Å². The van der Waals surface area contributed by atoms with Gasteiger partial charge in [0.05, 0.1) is 35.3 Å². The molecule has 3 N–H and O–H groups in total. The average molecular weight is 483 g/mol. The van der Waals surface area contributed by atoms with Crippen LogP contribution in [0.5, 0.6) is 0 Å². The van der Waals surface area contributed by atoms with Crippen LogP contribution >= 0.6 is 11.6 Å². The van der Waals surface area contributed by atoms with Crippen molar-refractivity contribution in [1.82, 2.24) is 5.32 Å². The van der Waals surface area contributed by atoms with E-state index in [4.69, 9.17) is 16.3 Å². The van der Waals surface area contributed by atoms with Crippen LogP contribution in [-0.4, -0.2) is 38.2 Å². The van der Waals surface area contributed by atoms with Gasteiger partial charge >= 0.3 is 6.03 Å². The maximum Gasteiger partial charge on any atom is 0.323 e. The molecule has 1 aliphatic rings. The smallest absolute Gasteiger partial charge is 0.323 e. The number of halogens is 2. The zero-order valence-electron chi connectivity index (χ0n) is 18.3. The van der Waals surface area contributed by atoms with E-state index >= 15 is 0 Å². The summed E-state index contributed by atoms with van der Waals surface area (Å²) in [7, 11) is 0. The maximum absolute atomic E-state index is 13.4. The molecule has 1 heterocycles. The van der Waals surface area contributed by atoms with Crippen molar-refractivity contribution in [3.05, 3.63) is 88.7 Å². The molecule has 176 valence electrons. The highest BCUT2D eigenvalue weighted by Gasteiger charge is 2.19. The highest BCUT2D eigenvalue weighted by Crippen LogP contribution is 2.29. The second-order valence-corrected chi connectivity index (χ2v) is 8.11. The van der Waals surface area contributed by atoms with Gasteiger partial charge in [-0.15, -0.1) is 0 Å². The predicted molar refractivity (Wildman–Crippen MR) is 131 cm³/mol. The molecule has 9 heteroatoms. The van der Waals surface area contributed by atoms with Gasteiger partial charge in [-0.3, -0.25) is 4.79 Å². The minimum absolute atomic E-state index is 0.178. The number of carbonyl (C=O) groups excluding carboxylic acids is 2. The normalized spacial score (nSPS) is 13.3. The topological polar surface area (TPSA) is 82.7 Å². The van der Waals surface area contributed by atoms with E-state index in [9.17, 15) is 14.0 Å². The molecular weight excluding hydrogens is 459 g/mol. The molecule has 4 rings (SSSR count). The number of hydrogen-bond donors (Lipinski definition) is 3. The van der Waals surface area contributed by atoms with Crippen LogP contribution in [0.4, 0.5) is 26.2 Å². The summed E-state index contributed by atoms with van der Waals surface area (Å²) < 4.78 is 18.8.